The fourth-order valence-corrected chi connectivity index (χ4v) is 4.32. The van der Waals surface area contributed by atoms with Crippen molar-refractivity contribution in [1.29, 1.82) is 0 Å². The number of hydrogen-bond acceptors (Lipinski definition) is 4. The Morgan fingerprint density at radius 2 is 1.61 bits per heavy atom. The number of nitrogens with one attached hydrogen (secondary N) is 1. The van der Waals surface area contributed by atoms with E-state index in [1.807, 2.05) is 66.7 Å². The van der Waals surface area contributed by atoms with E-state index in [0.717, 1.165) is 21.2 Å². The number of fused-ring (bicyclic) bond motifs is 1. The highest BCUT2D eigenvalue weighted by molar-refractivity contribution is 7.20. The molecule has 0 bridgehead atoms. The first-order valence-electron chi connectivity index (χ1n) is 9.70. The molecular weight excluding hydrogens is 410 g/mol. The van der Waals surface area contributed by atoms with Crippen LogP contribution < -0.4 is 11.1 Å². The number of thiophene rings is 1. The van der Waals surface area contributed by atoms with Gasteiger partial charge in [0.15, 0.2) is 0 Å². The first kappa shape index (κ1) is 20.4. The SMILES string of the molecule is Nc1ccccc1NC(=O)c1cc2ccc(CN(Cc3ccccc3)C(=O)O)cc2s1. The molecule has 156 valence electrons. The van der Waals surface area contributed by atoms with Crippen LogP contribution >= 0.6 is 11.3 Å². The maximum absolute atomic E-state index is 12.6. The number of benzene rings is 3. The van der Waals surface area contributed by atoms with E-state index in [0.29, 0.717) is 22.8 Å². The van der Waals surface area contributed by atoms with Crippen LogP contribution in [-0.4, -0.2) is 22.0 Å². The van der Waals surface area contributed by atoms with Crippen LogP contribution in [0.4, 0.5) is 16.2 Å². The average Bonchev–Trinajstić information content (AvgIpc) is 3.19. The molecule has 4 rings (SSSR count). The highest BCUT2D eigenvalue weighted by atomic mass is 32.1. The van der Waals surface area contributed by atoms with Crippen molar-refractivity contribution >= 4 is 44.8 Å². The van der Waals surface area contributed by atoms with Gasteiger partial charge in [0.2, 0.25) is 0 Å². The predicted molar refractivity (Wildman–Crippen MR) is 124 cm³/mol. The smallest absolute Gasteiger partial charge is 0.407 e. The molecule has 0 saturated carbocycles. The van der Waals surface area contributed by atoms with Crippen molar-refractivity contribution in [3.63, 3.8) is 0 Å². The van der Waals surface area contributed by atoms with E-state index in [2.05, 4.69) is 5.32 Å². The summed E-state index contributed by atoms with van der Waals surface area (Å²) in [7, 11) is 0. The van der Waals surface area contributed by atoms with Gasteiger partial charge in [0.1, 0.15) is 0 Å². The summed E-state index contributed by atoms with van der Waals surface area (Å²) in [5.74, 6) is -0.225. The topological polar surface area (TPSA) is 95.7 Å². The van der Waals surface area contributed by atoms with Gasteiger partial charge < -0.3 is 16.2 Å². The third kappa shape index (κ3) is 4.84. The Labute approximate surface area is 183 Å². The summed E-state index contributed by atoms with van der Waals surface area (Å²) in [6, 6.07) is 24.2. The fraction of sp³-hybridized carbons (Fsp3) is 0.0833. The molecule has 4 N–H and O–H groups in total. The standard InChI is InChI=1S/C24H21N3O3S/c25-19-8-4-5-9-20(19)26-23(28)22-13-18-11-10-17(12-21(18)31-22)15-27(24(29)30)14-16-6-2-1-3-7-16/h1-13H,14-15,25H2,(H,26,28)(H,29,30). The third-order valence-corrected chi connectivity index (χ3v) is 5.97. The Morgan fingerprint density at radius 1 is 0.903 bits per heavy atom. The lowest BCUT2D eigenvalue weighted by Gasteiger charge is -2.19. The Kier molecular flexibility index (Phi) is 5.86. The lowest BCUT2D eigenvalue weighted by Crippen LogP contribution is -2.28. The normalized spacial score (nSPS) is 10.7. The van der Waals surface area contributed by atoms with E-state index < -0.39 is 6.09 Å². The number of nitrogens with zero attached hydrogens (tertiary/aromatic N) is 1. The van der Waals surface area contributed by atoms with E-state index in [1.165, 1.54) is 16.2 Å². The van der Waals surface area contributed by atoms with E-state index >= 15 is 0 Å². The Balaban J connectivity index is 1.52. The highest BCUT2D eigenvalue weighted by Crippen LogP contribution is 2.28. The minimum absolute atomic E-state index is 0.225. The van der Waals surface area contributed by atoms with Gasteiger partial charge in [0, 0.05) is 17.8 Å². The van der Waals surface area contributed by atoms with Crippen LogP contribution in [0.25, 0.3) is 10.1 Å². The zero-order valence-corrected chi connectivity index (χ0v) is 17.4. The summed E-state index contributed by atoms with van der Waals surface area (Å²) in [5, 5.41) is 13.4. The van der Waals surface area contributed by atoms with Crippen LogP contribution in [0.15, 0.2) is 78.9 Å². The zero-order chi connectivity index (χ0) is 21.8. The molecular formula is C24H21N3O3S. The molecule has 0 fully saturated rings. The molecule has 4 aromatic rings. The molecule has 0 aliphatic carbocycles. The number of hydrogen-bond donors (Lipinski definition) is 3. The third-order valence-electron chi connectivity index (χ3n) is 4.88. The number of rotatable bonds is 6. The minimum Gasteiger partial charge on any atom is -0.465 e. The molecule has 6 nitrogen and oxygen atoms in total. The molecule has 0 aliphatic heterocycles. The minimum atomic E-state index is -0.976. The van der Waals surface area contributed by atoms with Gasteiger partial charge in [-0.15, -0.1) is 11.3 Å². The van der Waals surface area contributed by atoms with Crippen LogP contribution in [0, 0.1) is 0 Å². The largest absolute Gasteiger partial charge is 0.465 e. The van der Waals surface area contributed by atoms with E-state index in [-0.39, 0.29) is 12.5 Å². The van der Waals surface area contributed by atoms with E-state index in [9.17, 15) is 14.7 Å². The summed E-state index contributed by atoms with van der Waals surface area (Å²) in [4.78, 5) is 26.3. The second-order valence-electron chi connectivity index (χ2n) is 7.15. The van der Waals surface area contributed by atoms with Gasteiger partial charge in [-0.25, -0.2) is 4.79 Å². The van der Waals surface area contributed by atoms with Gasteiger partial charge in [0.25, 0.3) is 5.91 Å². The van der Waals surface area contributed by atoms with Gasteiger partial charge >= 0.3 is 6.09 Å². The summed E-state index contributed by atoms with van der Waals surface area (Å²) in [5.41, 5.74) is 8.78. The number of anilines is 2. The highest BCUT2D eigenvalue weighted by Gasteiger charge is 2.15. The molecule has 0 spiro atoms. The average molecular weight is 432 g/mol. The molecule has 2 amide bonds. The molecule has 0 unspecified atom stereocenters. The molecule has 0 radical (unpaired) electrons. The fourth-order valence-electron chi connectivity index (χ4n) is 3.30. The summed E-state index contributed by atoms with van der Waals surface area (Å²) in [6.45, 7) is 0.574. The van der Waals surface area contributed by atoms with E-state index in [4.69, 9.17) is 5.73 Å². The number of carbonyl (C=O) groups excluding carboxylic acids is 1. The van der Waals surface area contributed by atoms with Crippen LogP contribution in [0.1, 0.15) is 20.8 Å². The Hall–Kier alpha value is -3.84. The molecule has 3 aromatic carbocycles. The van der Waals surface area contributed by atoms with Gasteiger partial charge in [-0.3, -0.25) is 9.69 Å². The van der Waals surface area contributed by atoms with Crippen molar-refractivity contribution in [2.24, 2.45) is 0 Å². The number of carbonyl (C=O) groups is 2. The molecule has 31 heavy (non-hydrogen) atoms. The van der Waals surface area contributed by atoms with Crippen LogP contribution in [0.2, 0.25) is 0 Å². The quantitative estimate of drug-likeness (QED) is 0.355. The lowest BCUT2D eigenvalue weighted by atomic mass is 10.1. The van der Waals surface area contributed by atoms with E-state index in [1.54, 1.807) is 12.1 Å². The van der Waals surface area contributed by atoms with Gasteiger partial charge in [0.05, 0.1) is 16.3 Å². The van der Waals surface area contributed by atoms with Gasteiger partial charge in [-0.2, -0.15) is 0 Å². The van der Waals surface area contributed by atoms with Crippen molar-refractivity contribution in [3.8, 4) is 0 Å². The van der Waals surface area contributed by atoms with Crippen molar-refractivity contribution in [3.05, 3.63) is 94.9 Å². The molecule has 1 heterocycles. The maximum Gasteiger partial charge on any atom is 0.407 e. The number of nitrogen functional groups attached to an aromatic ring is 1. The second-order valence-corrected chi connectivity index (χ2v) is 8.23. The maximum atomic E-state index is 12.6. The Morgan fingerprint density at radius 3 is 2.35 bits per heavy atom. The van der Waals surface area contributed by atoms with Crippen molar-refractivity contribution < 1.29 is 14.7 Å². The lowest BCUT2D eigenvalue weighted by molar-refractivity contribution is 0.103. The first-order valence-corrected chi connectivity index (χ1v) is 10.5. The molecule has 0 atom stereocenters. The molecule has 7 heteroatoms. The van der Waals surface area contributed by atoms with Crippen LogP contribution in [0.3, 0.4) is 0 Å². The van der Waals surface area contributed by atoms with Crippen molar-refractivity contribution in [1.82, 2.24) is 4.90 Å². The van der Waals surface area contributed by atoms with Crippen LogP contribution in [0.5, 0.6) is 0 Å². The van der Waals surface area contributed by atoms with Crippen LogP contribution in [-0.2, 0) is 13.1 Å². The number of nitrogens with two attached hydrogens (primary N) is 1. The summed E-state index contributed by atoms with van der Waals surface area (Å²) in [6.07, 6.45) is -0.976. The number of amides is 2. The number of carboxylic acid groups (broad SMARTS) is 1. The van der Waals surface area contributed by atoms with Crippen molar-refractivity contribution in [2.45, 2.75) is 13.1 Å². The molecule has 0 aliphatic rings. The van der Waals surface area contributed by atoms with Gasteiger partial charge in [-0.1, -0.05) is 54.6 Å². The van der Waals surface area contributed by atoms with Crippen molar-refractivity contribution in [2.75, 3.05) is 11.1 Å². The summed E-state index contributed by atoms with van der Waals surface area (Å²) >= 11 is 1.37. The van der Waals surface area contributed by atoms with Gasteiger partial charge in [-0.05, 0) is 40.8 Å². The monoisotopic (exact) mass is 431 g/mol. The Bertz CT molecular complexity index is 1240. The second kappa shape index (κ2) is 8.89. The molecule has 0 saturated heterocycles. The first-order chi connectivity index (χ1) is 15.0. The zero-order valence-electron chi connectivity index (χ0n) is 16.6. The summed E-state index contributed by atoms with van der Waals surface area (Å²) < 4.78 is 0.925. The number of para-hydroxylation sites is 2. The predicted octanol–water partition coefficient (Wildman–Crippen LogP) is 5.42. The molecule has 1 aromatic heterocycles.